The van der Waals surface area contributed by atoms with Gasteiger partial charge in [0.05, 0.1) is 18.8 Å². The monoisotopic (exact) mass is 523 g/mol. The Morgan fingerprint density at radius 2 is 1.96 bits per heavy atom. The summed E-state index contributed by atoms with van der Waals surface area (Å²) in [4.78, 5) is 4.55. The quantitative estimate of drug-likeness (QED) is 0.294. The standard InChI is InChI=1S/C21H34ClN3O2.HI/c1-5-23-20(25-14-18(26)15-8-10-17(22)11-9-15)24-13-16-7-6-12-27-19(16)21(2,3)4;/h8-11,16,18-19,26H,5-7,12-14H2,1-4H3,(H2,23,24,25);1H. The lowest BCUT2D eigenvalue weighted by atomic mass is 9.78. The number of aliphatic hydroxyl groups excluding tert-OH is 1. The van der Waals surface area contributed by atoms with Gasteiger partial charge in [-0.1, -0.05) is 44.5 Å². The average Bonchev–Trinajstić information content (AvgIpc) is 2.64. The van der Waals surface area contributed by atoms with Crippen LogP contribution in [0.15, 0.2) is 29.3 Å². The van der Waals surface area contributed by atoms with E-state index in [2.05, 4.69) is 36.4 Å². The minimum atomic E-state index is -0.655. The van der Waals surface area contributed by atoms with Gasteiger partial charge in [0.1, 0.15) is 0 Å². The molecule has 0 spiro atoms. The molecule has 160 valence electrons. The summed E-state index contributed by atoms with van der Waals surface area (Å²) < 4.78 is 6.06. The van der Waals surface area contributed by atoms with E-state index in [4.69, 9.17) is 16.3 Å². The normalized spacial score (nSPS) is 21.6. The highest BCUT2D eigenvalue weighted by Gasteiger charge is 2.35. The topological polar surface area (TPSA) is 65.9 Å². The van der Waals surface area contributed by atoms with Crippen LogP contribution in [0.4, 0.5) is 0 Å². The van der Waals surface area contributed by atoms with Crippen molar-refractivity contribution in [3.63, 3.8) is 0 Å². The highest BCUT2D eigenvalue weighted by atomic mass is 127. The number of aliphatic hydroxyl groups is 1. The van der Waals surface area contributed by atoms with Gasteiger partial charge in [-0.05, 0) is 42.9 Å². The van der Waals surface area contributed by atoms with Crippen LogP contribution in [0.2, 0.25) is 5.02 Å². The van der Waals surface area contributed by atoms with Gasteiger partial charge >= 0.3 is 0 Å². The number of hydrogen-bond acceptors (Lipinski definition) is 3. The molecule has 1 heterocycles. The fraction of sp³-hybridized carbons (Fsp3) is 0.667. The molecular weight excluding hydrogens is 489 g/mol. The predicted molar refractivity (Wildman–Crippen MR) is 128 cm³/mol. The van der Waals surface area contributed by atoms with E-state index in [1.54, 1.807) is 12.1 Å². The fourth-order valence-corrected chi connectivity index (χ4v) is 3.67. The van der Waals surface area contributed by atoms with E-state index in [9.17, 15) is 5.11 Å². The van der Waals surface area contributed by atoms with E-state index in [1.165, 1.54) is 0 Å². The largest absolute Gasteiger partial charge is 0.386 e. The molecule has 0 aliphatic carbocycles. The van der Waals surface area contributed by atoms with Crippen LogP contribution in [0.3, 0.4) is 0 Å². The van der Waals surface area contributed by atoms with Crippen LogP contribution in [0, 0.1) is 11.3 Å². The highest BCUT2D eigenvalue weighted by Crippen LogP contribution is 2.33. The van der Waals surface area contributed by atoms with E-state index in [0.29, 0.717) is 17.5 Å². The molecule has 0 bridgehead atoms. The van der Waals surface area contributed by atoms with Crippen LogP contribution in [0.5, 0.6) is 0 Å². The van der Waals surface area contributed by atoms with Gasteiger partial charge in [-0.2, -0.15) is 0 Å². The van der Waals surface area contributed by atoms with Gasteiger partial charge in [0.25, 0.3) is 0 Å². The van der Waals surface area contributed by atoms with E-state index >= 15 is 0 Å². The van der Waals surface area contributed by atoms with Crippen LogP contribution in [-0.4, -0.2) is 43.4 Å². The van der Waals surface area contributed by atoms with Crippen molar-refractivity contribution >= 4 is 41.5 Å². The van der Waals surface area contributed by atoms with Crippen molar-refractivity contribution in [2.24, 2.45) is 16.3 Å². The molecule has 0 aromatic heterocycles. The first kappa shape index (κ1) is 25.5. The fourth-order valence-electron chi connectivity index (χ4n) is 3.55. The molecule has 3 unspecified atom stereocenters. The van der Waals surface area contributed by atoms with Crippen LogP contribution in [0.25, 0.3) is 0 Å². The summed E-state index contributed by atoms with van der Waals surface area (Å²) in [5.74, 6) is 1.17. The van der Waals surface area contributed by atoms with Crippen molar-refractivity contribution in [3.8, 4) is 0 Å². The number of guanidine groups is 1. The molecule has 2 rings (SSSR count). The first-order valence-electron chi connectivity index (χ1n) is 9.88. The third kappa shape index (κ3) is 8.05. The third-order valence-electron chi connectivity index (χ3n) is 4.85. The second-order valence-corrected chi connectivity index (χ2v) is 8.66. The first-order valence-corrected chi connectivity index (χ1v) is 10.3. The molecule has 0 saturated carbocycles. The summed E-state index contributed by atoms with van der Waals surface area (Å²) in [6.45, 7) is 11.5. The average molecular weight is 524 g/mol. The molecule has 1 aliphatic rings. The lowest BCUT2D eigenvalue weighted by Gasteiger charge is -2.40. The molecule has 28 heavy (non-hydrogen) atoms. The summed E-state index contributed by atoms with van der Waals surface area (Å²) in [5.41, 5.74) is 0.931. The minimum absolute atomic E-state index is 0. The van der Waals surface area contributed by atoms with Gasteiger partial charge in [0.2, 0.25) is 0 Å². The number of ether oxygens (including phenoxy) is 1. The van der Waals surface area contributed by atoms with E-state index in [0.717, 1.165) is 44.1 Å². The summed E-state index contributed by atoms with van der Waals surface area (Å²) in [6, 6.07) is 7.22. The van der Waals surface area contributed by atoms with Crippen molar-refractivity contribution in [1.82, 2.24) is 10.6 Å². The van der Waals surface area contributed by atoms with E-state index in [1.807, 2.05) is 19.1 Å². The van der Waals surface area contributed by atoms with Crippen molar-refractivity contribution in [1.29, 1.82) is 0 Å². The van der Waals surface area contributed by atoms with Crippen molar-refractivity contribution < 1.29 is 9.84 Å². The molecule has 3 atom stereocenters. The van der Waals surface area contributed by atoms with Crippen molar-refractivity contribution in [2.75, 3.05) is 26.2 Å². The molecule has 1 saturated heterocycles. The second-order valence-electron chi connectivity index (χ2n) is 8.23. The Hall–Kier alpha value is -0.570. The van der Waals surface area contributed by atoms with E-state index < -0.39 is 6.10 Å². The predicted octanol–water partition coefficient (Wildman–Crippen LogP) is 4.39. The molecule has 1 aliphatic heterocycles. The van der Waals surface area contributed by atoms with Crippen LogP contribution in [-0.2, 0) is 4.74 Å². The number of halogens is 2. The zero-order valence-electron chi connectivity index (χ0n) is 17.4. The number of nitrogens with zero attached hydrogens (tertiary/aromatic N) is 1. The first-order chi connectivity index (χ1) is 12.8. The third-order valence-corrected chi connectivity index (χ3v) is 5.10. The van der Waals surface area contributed by atoms with Crippen LogP contribution >= 0.6 is 35.6 Å². The second kappa shape index (κ2) is 12.2. The van der Waals surface area contributed by atoms with Crippen LogP contribution < -0.4 is 10.6 Å². The number of aliphatic imine (C=N–C) groups is 1. The van der Waals surface area contributed by atoms with Gasteiger partial charge in [-0.25, -0.2) is 0 Å². The van der Waals surface area contributed by atoms with Crippen molar-refractivity contribution in [2.45, 2.75) is 52.7 Å². The van der Waals surface area contributed by atoms with Gasteiger partial charge in [0.15, 0.2) is 5.96 Å². The maximum absolute atomic E-state index is 10.4. The SMILES string of the molecule is CCNC(=NCC(O)c1ccc(Cl)cc1)NCC1CCCOC1C(C)(C)C.I. The smallest absolute Gasteiger partial charge is 0.191 e. The summed E-state index contributed by atoms with van der Waals surface area (Å²) >= 11 is 5.90. The molecule has 5 nitrogen and oxygen atoms in total. The molecule has 0 amide bonds. The zero-order valence-corrected chi connectivity index (χ0v) is 20.5. The number of rotatable bonds is 6. The summed E-state index contributed by atoms with van der Waals surface area (Å²) in [5, 5.41) is 17.7. The molecule has 1 aromatic carbocycles. The van der Waals surface area contributed by atoms with Crippen LogP contribution in [0.1, 0.15) is 52.2 Å². The molecule has 7 heteroatoms. The Kier molecular flexibility index (Phi) is 11.1. The molecule has 1 fully saturated rings. The lowest BCUT2D eigenvalue weighted by Crippen LogP contribution is -2.47. The highest BCUT2D eigenvalue weighted by molar-refractivity contribution is 14.0. The maximum Gasteiger partial charge on any atom is 0.191 e. The molecule has 0 radical (unpaired) electrons. The maximum atomic E-state index is 10.4. The van der Waals surface area contributed by atoms with Gasteiger partial charge in [0, 0.05) is 30.6 Å². The number of nitrogens with one attached hydrogen (secondary N) is 2. The zero-order chi connectivity index (χ0) is 19.9. The number of benzene rings is 1. The van der Waals surface area contributed by atoms with Gasteiger partial charge in [-0.15, -0.1) is 24.0 Å². The molecule has 1 aromatic rings. The Morgan fingerprint density at radius 3 is 2.57 bits per heavy atom. The van der Waals surface area contributed by atoms with Gasteiger partial charge < -0.3 is 20.5 Å². The van der Waals surface area contributed by atoms with Crippen molar-refractivity contribution in [3.05, 3.63) is 34.9 Å². The summed E-state index contributed by atoms with van der Waals surface area (Å²) in [6.07, 6.45) is 1.84. The number of hydrogen-bond donors (Lipinski definition) is 3. The Balaban J connectivity index is 0.00000392. The molecular formula is C21H35ClIN3O2. The van der Waals surface area contributed by atoms with Gasteiger partial charge in [-0.3, -0.25) is 4.99 Å². The molecule has 3 N–H and O–H groups in total. The summed E-state index contributed by atoms with van der Waals surface area (Å²) in [7, 11) is 0. The van der Waals surface area contributed by atoms with E-state index in [-0.39, 0.29) is 35.5 Å². The minimum Gasteiger partial charge on any atom is -0.386 e. The lowest BCUT2D eigenvalue weighted by molar-refractivity contribution is -0.0835. The Bertz CT molecular complexity index is 605. The Morgan fingerprint density at radius 1 is 1.29 bits per heavy atom. The Labute approximate surface area is 191 Å².